The maximum Gasteiger partial charge on any atom is 0.137 e. The lowest BCUT2D eigenvalue weighted by Gasteiger charge is -2.18. The minimum absolute atomic E-state index is 0.856. The van der Waals surface area contributed by atoms with Crippen molar-refractivity contribution >= 4 is 5.65 Å². The van der Waals surface area contributed by atoms with E-state index in [0.29, 0.717) is 0 Å². The normalized spacial score (nSPS) is 11.8. The summed E-state index contributed by atoms with van der Waals surface area (Å²) < 4.78 is 2.13. The summed E-state index contributed by atoms with van der Waals surface area (Å²) in [4.78, 5) is 4.80. The van der Waals surface area contributed by atoms with Crippen molar-refractivity contribution < 1.29 is 5.11 Å². The summed E-state index contributed by atoms with van der Waals surface area (Å²) in [6, 6.07) is 22.4. The summed E-state index contributed by atoms with van der Waals surface area (Å²) in [5, 5.41) is 10.3. The highest BCUT2D eigenvalue weighted by atomic mass is 16.3. The van der Waals surface area contributed by atoms with Gasteiger partial charge in [-0.25, -0.2) is 4.98 Å². The molecule has 26 heavy (non-hydrogen) atoms. The molecule has 0 aliphatic heterocycles. The third-order valence-corrected chi connectivity index (χ3v) is 4.81. The van der Waals surface area contributed by atoms with Crippen LogP contribution in [0, 0.1) is 6.92 Å². The molecule has 0 atom stereocenters. The first-order valence-electron chi connectivity index (χ1n) is 8.81. The van der Waals surface area contributed by atoms with Gasteiger partial charge >= 0.3 is 0 Å². The summed E-state index contributed by atoms with van der Waals surface area (Å²) in [5.74, 6) is 0. The zero-order valence-electron chi connectivity index (χ0n) is 15.3. The van der Waals surface area contributed by atoms with Crippen LogP contribution >= 0.6 is 0 Å². The highest BCUT2D eigenvalue weighted by Crippen LogP contribution is 2.29. The SMILES string of the molecule is Cc1c(-c2ccccc2)nc2ccc(-c3cccc(C(C)(C)O)c3)cn12. The first-order valence-corrected chi connectivity index (χ1v) is 8.81. The Morgan fingerprint density at radius 3 is 2.31 bits per heavy atom. The minimum atomic E-state index is -0.856. The molecule has 2 aromatic carbocycles. The Labute approximate surface area is 153 Å². The molecule has 0 spiro atoms. The molecule has 0 fully saturated rings. The highest BCUT2D eigenvalue weighted by Gasteiger charge is 2.16. The van der Waals surface area contributed by atoms with Crippen molar-refractivity contribution in [1.29, 1.82) is 0 Å². The van der Waals surface area contributed by atoms with Crippen LogP contribution in [-0.2, 0) is 5.60 Å². The van der Waals surface area contributed by atoms with E-state index in [0.717, 1.165) is 39.3 Å². The van der Waals surface area contributed by atoms with Gasteiger partial charge in [-0.2, -0.15) is 0 Å². The Balaban J connectivity index is 1.83. The molecule has 130 valence electrons. The van der Waals surface area contributed by atoms with Gasteiger partial charge in [-0.3, -0.25) is 0 Å². The number of benzene rings is 2. The van der Waals surface area contributed by atoms with Gasteiger partial charge in [0.1, 0.15) is 5.65 Å². The second-order valence-electron chi connectivity index (χ2n) is 7.20. The molecule has 3 heteroatoms. The maximum absolute atomic E-state index is 10.3. The molecule has 0 aliphatic carbocycles. The summed E-state index contributed by atoms with van der Waals surface area (Å²) in [6.45, 7) is 5.71. The van der Waals surface area contributed by atoms with E-state index in [1.165, 1.54) is 0 Å². The molecule has 0 aliphatic rings. The fourth-order valence-corrected chi connectivity index (χ4v) is 3.28. The van der Waals surface area contributed by atoms with Crippen LogP contribution in [0.2, 0.25) is 0 Å². The van der Waals surface area contributed by atoms with Crippen LogP contribution in [0.25, 0.3) is 28.0 Å². The van der Waals surface area contributed by atoms with Crippen LogP contribution in [0.1, 0.15) is 25.1 Å². The fourth-order valence-electron chi connectivity index (χ4n) is 3.28. The van der Waals surface area contributed by atoms with Gasteiger partial charge in [-0.05, 0) is 55.7 Å². The Morgan fingerprint density at radius 2 is 1.58 bits per heavy atom. The van der Waals surface area contributed by atoms with Gasteiger partial charge in [0.05, 0.1) is 11.3 Å². The highest BCUT2D eigenvalue weighted by molar-refractivity contribution is 5.70. The van der Waals surface area contributed by atoms with Crippen molar-refractivity contribution in [2.45, 2.75) is 26.4 Å². The van der Waals surface area contributed by atoms with Gasteiger partial charge in [0.15, 0.2) is 0 Å². The van der Waals surface area contributed by atoms with E-state index >= 15 is 0 Å². The molecular formula is C23H22N2O. The van der Waals surface area contributed by atoms with Crippen LogP contribution in [0.4, 0.5) is 0 Å². The van der Waals surface area contributed by atoms with Crippen molar-refractivity contribution in [3.63, 3.8) is 0 Å². The van der Waals surface area contributed by atoms with Gasteiger partial charge in [0, 0.05) is 17.5 Å². The maximum atomic E-state index is 10.3. The number of nitrogens with zero attached hydrogens (tertiary/aromatic N) is 2. The lowest BCUT2D eigenvalue weighted by molar-refractivity contribution is 0.0786. The summed E-state index contributed by atoms with van der Waals surface area (Å²) >= 11 is 0. The van der Waals surface area contributed by atoms with E-state index in [-0.39, 0.29) is 0 Å². The smallest absolute Gasteiger partial charge is 0.137 e. The third-order valence-electron chi connectivity index (χ3n) is 4.81. The minimum Gasteiger partial charge on any atom is -0.386 e. The van der Waals surface area contributed by atoms with Crippen molar-refractivity contribution in [2.24, 2.45) is 0 Å². The van der Waals surface area contributed by atoms with Crippen LogP contribution < -0.4 is 0 Å². The average Bonchev–Trinajstić information content (AvgIpc) is 2.98. The quantitative estimate of drug-likeness (QED) is 0.555. The standard InChI is InChI=1S/C23H22N2O/c1-16-22(17-8-5-4-6-9-17)24-21-13-12-19(15-25(16)21)18-10-7-11-20(14-18)23(2,3)26/h4-15,26H,1-3H3. The Bertz CT molecular complexity index is 1070. The lowest BCUT2D eigenvalue weighted by Crippen LogP contribution is -2.15. The van der Waals surface area contributed by atoms with Crippen molar-refractivity contribution in [3.05, 3.63) is 84.2 Å². The Morgan fingerprint density at radius 1 is 0.846 bits per heavy atom. The number of hydrogen-bond acceptors (Lipinski definition) is 2. The molecule has 2 heterocycles. The predicted octanol–water partition coefficient (Wildman–Crippen LogP) is 5.20. The molecule has 2 aromatic heterocycles. The Hall–Kier alpha value is -2.91. The van der Waals surface area contributed by atoms with E-state index in [1.807, 2.05) is 56.3 Å². The second kappa shape index (κ2) is 6.11. The monoisotopic (exact) mass is 342 g/mol. The topological polar surface area (TPSA) is 37.5 Å². The molecule has 0 radical (unpaired) electrons. The number of aromatic nitrogens is 2. The Kier molecular flexibility index (Phi) is 3.89. The third kappa shape index (κ3) is 2.91. The van der Waals surface area contributed by atoms with Crippen LogP contribution in [0.5, 0.6) is 0 Å². The van der Waals surface area contributed by atoms with Crippen molar-refractivity contribution in [3.8, 4) is 22.4 Å². The lowest BCUT2D eigenvalue weighted by atomic mass is 9.95. The number of aryl methyl sites for hydroxylation is 1. The number of pyridine rings is 1. The molecule has 0 amide bonds. The van der Waals surface area contributed by atoms with E-state index in [4.69, 9.17) is 4.98 Å². The molecule has 0 bridgehead atoms. The molecule has 0 saturated carbocycles. The van der Waals surface area contributed by atoms with E-state index in [9.17, 15) is 5.11 Å². The zero-order valence-corrected chi connectivity index (χ0v) is 15.3. The molecule has 0 unspecified atom stereocenters. The molecule has 4 aromatic rings. The van der Waals surface area contributed by atoms with Crippen LogP contribution in [0.3, 0.4) is 0 Å². The average molecular weight is 342 g/mol. The molecule has 0 saturated heterocycles. The van der Waals surface area contributed by atoms with E-state index in [2.05, 4.69) is 41.8 Å². The van der Waals surface area contributed by atoms with Crippen molar-refractivity contribution in [2.75, 3.05) is 0 Å². The fraction of sp³-hybridized carbons (Fsp3) is 0.174. The van der Waals surface area contributed by atoms with Crippen molar-refractivity contribution in [1.82, 2.24) is 9.38 Å². The molecule has 1 N–H and O–H groups in total. The van der Waals surface area contributed by atoms with Crippen LogP contribution in [0.15, 0.2) is 72.9 Å². The predicted molar refractivity (Wildman–Crippen MR) is 106 cm³/mol. The van der Waals surface area contributed by atoms with Gasteiger partial charge in [0.2, 0.25) is 0 Å². The van der Waals surface area contributed by atoms with E-state index < -0.39 is 5.60 Å². The summed E-state index contributed by atoms with van der Waals surface area (Å²) in [6.07, 6.45) is 2.12. The molecular weight excluding hydrogens is 320 g/mol. The van der Waals surface area contributed by atoms with Crippen LogP contribution in [-0.4, -0.2) is 14.5 Å². The number of aliphatic hydroxyl groups is 1. The molecule has 3 nitrogen and oxygen atoms in total. The number of rotatable bonds is 3. The number of hydrogen-bond donors (Lipinski definition) is 1. The molecule has 4 rings (SSSR count). The van der Waals surface area contributed by atoms with E-state index in [1.54, 1.807) is 0 Å². The van der Waals surface area contributed by atoms with Gasteiger partial charge in [-0.1, -0.05) is 48.5 Å². The second-order valence-corrected chi connectivity index (χ2v) is 7.20. The largest absolute Gasteiger partial charge is 0.386 e. The van der Waals surface area contributed by atoms with Gasteiger partial charge in [-0.15, -0.1) is 0 Å². The number of fused-ring (bicyclic) bond motifs is 1. The number of imidazole rings is 1. The first kappa shape index (κ1) is 16.6. The first-order chi connectivity index (χ1) is 12.4. The zero-order chi connectivity index (χ0) is 18.3. The summed E-state index contributed by atoms with van der Waals surface area (Å²) in [7, 11) is 0. The summed E-state index contributed by atoms with van der Waals surface area (Å²) in [5.41, 5.74) is 6.42. The van der Waals surface area contributed by atoms with Gasteiger partial charge < -0.3 is 9.51 Å². The van der Waals surface area contributed by atoms with Gasteiger partial charge in [0.25, 0.3) is 0 Å².